The van der Waals surface area contributed by atoms with Crippen molar-refractivity contribution in [3.63, 3.8) is 0 Å². The molecule has 2 N–H and O–H groups in total. The molecule has 2 saturated carbocycles. The minimum absolute atomic E-state index is 0.129. The highest BCUT2D eigenvalue weighted by molar-refractivity contribution is 5.02. The molecule has 2 heteroatoms. The third-order valence-electron chi connectivity index (χ3n) is 5.64. The molecule has 17 heavy (non-hydrogen) atoms. The van der Waals surface area contributed by atoms with Gasteiger partial charge in [-0.05, 0) is 56.8 Å². The first-order valence-electron chi connectivity index (χ1n) is 7.55. The van der Waals surface area contributed by atoms with E-state index in [1.54, 1.807) is 0 Å². The standard InChI is InChI=1S/C15H27NO/c1-12-4-2-8-15(16,10-12)13-5-9-17-14(11-13)6-3-7-14/h12-13H,2-11,16H2,1H3. The van der Waals surface area contributed by atoms with E-state index < -0.39 is 0 Å². The predicted molar refractivity (Wildman–Crippen MR) is 69.8 cm³/mol. The second-order valence-electron chi connectivity index (χ2n) is 7.01. The molecule has 2 aliphatic carbocycles. The van der Waals surface area contributed by atoms with E-state index in [1.165, 1.54) is 57.8 Å². The van der Waals surface area contributed by atoms with Crippen LogP contribution in [0.4, 0.5) is 0 Å². The van der Waals surface area contributed by atoms with Crippen LogP contribution in [-0.4, -0.2) is 17.7 Å². The van der Waals surface area contributed by atoms with Gasteiger partial charge in [-0.1, -0.05) is 19.8 Å². The molecule has 0 amide bonds. The van der Waals surface area contributed by atoms with Gasteiger partial charge in [0.15, 0.2) is 0 Å². The highest BCUT2D eigenvalue weighted by Gasteiger charge is 2.48. The Kier molecular flexibility index (Phi) is 2.99. The van der Waals surface area contributed by atoms with Crippen LogP contribution >= 0.6 is 0 Å². The first-order chi connectivity index (χ1) is 8.12. The molecule has 3 atom stereocenters. The SMILES string of the molecule is CC1CCCC(N)(C2CCOC3(CCC3)C2)C1. The van der Waals surface area contributed by atoms with E-state index in [1.807, 2.05) is 0 Å². The highest BCUT2D eigenvalue weighted by atomic mass is 16.5. The zero-order valence-electron chi connectivity index (χ0n) is 11.2. The summed E-state index contributed by atoms with van der Waals surface area (Å²) in [5, 5.41) is 0. The smallest absolute Gasteiger partial charge is 0.0686 e. The Morgan fingerprint density at radius 3 is 2.53 bits per heavy atom. The second-order valence-corrected chi connectivity index (χ2v) is 7.01. The van der Waals surface area contributed by atoms with Crippen LogP contribution < -0.4 is 5.73 Å². The highest BCUT2D eigenvalue weighted by Crippen LogP contribution is 2.49. The monoisotopic (exact) mass is 237 g/mol. The van der Waals surface area contributed by atoms with Crippen LogP contribution in [-0.2, 0) is 4.74 Å². The van der Waals surface area contributed by atoms with Crippen molar-refractivity contribution < 1.29 is 4.74 Å². The van der Waals surface area contributed by atoms with Crippen molar-refractivity contribution in [2.75, 3.05) is 6.61 Å². The summed E-state index contributed by atoms with van der Waals surface area (Å²) < 4.78 is 6.04. The lowest BCUT2D eigenvalue weighted by Crippen LogP contribution is -2.57. The Hall–Kier alpha value is -0.0800. The lowest BCUT2D eigenvalue weighted by atomic mass is 9.62. The molecule has 0 aromatic rings. The van der Waals surface area contributed by atoms with Crippen LogP contribution in [0.2, 0.25) is 0 Å². The predicted octanol–water partition coefficient (Wildman–Crippen LogP) is 3.24. The van der Waals surface area contributed by atoms with Gasteiger partial charge in [-0.2, -0.15) is 0 Å². The largest absolute Gasteiger partial charge is 0.375 e. The molecule has 0 aromatic carbocycles. The van der Waals surface area contributed by atoms with Gasteiger partial charge in [-0.3, -0.25) is 0 Å². The minimum atomic E-state index is 0.129. The number of rotatable bonds is 1. The topological polar surface area (TPSA) is 35.2 Å². The fourth-order valence-corrected chi connectivity index (χ4v) is 4.44. The van der Waals surface area contributed by atoms with Gasteiger partial charge in [0.25, 0.3) is 0 Å². The summed E-state index contributed by atoms with van der Waals surface area (Å²) in [5.74, 6) is 1.55. The molecule has 1 heterocycles. The van der Waals surface area contributed by atoms with Gasteiger partial charge in [-0.25, -0.2) is 0 Å². The van der Waals surface area contributed by atoms with Crippen LogP contribution in [0.5, 0.6) is 0 Å². The van der Waals surface area contributed by atoms with Crippen molar-refractivity contribution >= 4 is 0 Å². The molecule has 3 unspecified atom stereocenters. The van der Waals surface area contributed by atoms with Gasteiger partial charge in [0.1, 0.15) is 0 Å². The van der Waals surface area contributed by atoms with Gasteiger partial charge in [0.05, 0.1) is 5.60 Å². The summed E-state index contributed by atoms with van der Waals surface area (Å²) in [5.41, 5.74) is 7.16. The molecule has 1 spiro atoms. The van der Waals surface area contributed by atoms with E-state index in [2.05, 4.69) is 6.92 Å². The molecule has 98 valence electrons. The molecule has 0 aromatic heterocycles. The van der Waals surface area contributed by atoms with Crippen molar-refractivity contribution in [3.8, 4) is 0 Å². The fraction of sp³-hybridized carbons (Fsp3) is 1.00. The third kappa shape index (κ3) is 2.15. The Balaban J connectivity index is 1.69. The summed E-state index contributed by atoms with van der Waals surface area (Å²) in [4.78, 5) is 0. The number of nitrogens with two attached hydrogens (primary N) is 1. The molecule has 3 fully saturated rings. The zero-order valence-corrected chi connectivity index (χ0v) is 11.2. The number of hydrogen-bond acceptors (Lipinski definition) is 2. The van der Waals surface area contributed by atoms with Crippen molar-refractivity contribution in [3.05, 3.63) is 0 Å². The molecular formula is C15H27NO. The molecule has 1 aliphatic heterocycles. The van der Waals surface area contributed by atoms with E-state index >= 15 is 0 Å². The maximum atomic E-state index is 6.77. The lowest BCUT2D eigenvalue weighted by molar-refractivity contribution is -0.154. The van der Waals surface area contributed by atoms with Crippen molar-refractivity contribution in [2.24, 2.45) is 17.6 Å². The van der Waals surface area contributed by atoms with Gasteiger partial charge in [-0.15, -0.1) is 0 Å². The lowest BCUT2D eigenvalue weighted by Gasteiger charge is -2.53. The average Bonchev–Trinajstić information content (AvgIpc) is 2.27. The van der Waals surface area contributed by atoms with Crippen LogP contribution in [0.15, 0.2) is 0 Å². The number of hydrogen-bond donors (Lipinski definition) is 1. The minimum Gasteiger partial charge on any atom is -0.375 e. The number of ether oxygens (including phenoxy) is 1. The van der Waals surface area contributed by atoms with E-state index in [9.17, 15) is 0 Å². The zero-order chi connectivity index (χ0) is 11.9. The maximum Gasteiger partial charge on any atom is 0.0686 e. The first-order valence-corrected chi connectivity index (χ1v) is 7.55. The van der Waals surface area contributed by atoms with Crippen LogP contribution in [0, 0.1) is 11.8 Å². The molecule has 0 radical (unpaired) electrons. The van der Waals surface area contributed by atoms with E-state index in [4.69, 9.17) is 10.5 Å². The quantitative estimate of drug-likeness (QED) is 0.760. The third-order valence-corrected chi connectivity index (χ3v) is 5.64. The van der Waals surface area contributed by atoms with E-state index in [0.29, 0.717) is 0 Å². The van der Waals surface area contributed by atoms with E-state index in [0.717, 1.165) is 18.4 Å². The molecule has 2 nitrogen and oxygen atoms in total. The van der Waals surface area contributed by atoms with Crippen LogP contribution in [0.3, 0.4) is 0 Å². The Labute approximate surface area is 105 Å². The van der Waals surface area contributed by atoms with Crippen molar-refractivity contribution in [1.82, 2.24) is 0 Å². The molecule has 1 saturated heterocycles. The second kappa shape index (κ2) is 4.24. The summed E-state index contributed by atoms with van der Waals surface area (Å²) in [6.45, 7) is 3.33. The summed E-state index contributed by atoms with van der Waals surface area (Å²) in [6.07, 6.45) is 11.6. The Bertz CT molecular complexity index is 287. The molecule has 3 aliphatic rings. The molecular weight excluding hydrogens is 210 g/mol. The average molecular weight is 237 g/mol. The molecule has 0 bridgehead atoms. The Morgan fingerprint density at radius 1 is 1.06 bits per heavy atom. The van der Waals surface area contributed by atoms with Gasteiger partial charge in [0, 0.05) is 12.1 Å². The first kappa shape index (κ1) is 12.0. The summed E-state index contributed by atoms with van der Waals surface area (Å²) in [7, 11) is 0. The van der Waals surface area contributed by atoms with Gasteiger partial charge >= 0.3 is 0 Å². The Morgan fingerprint density at radius 2 is 1.88 bits per heavy atom. The van der Waals surface area contributed by atoms with Crippen LogP contribution in [0.1, 0.15) is 64.7 Å². The fourth-order valence-electron chi connectivity index (χ4n) is 4.44. The van der Waals surface area contributed by atoms with Crippen molar-refractivity contribution in [1.29, 1.82) is 0 Å². The summed E-state index contributed by atoms with van der Waals surface area (Å²) >= 11 is 0. The van der Waals surface area contributed by atoms with Crippen LogP contribution in [0.25, 0.3) is 0 Å². The normalized spacial score (nSPS) is 45.5. The van der Waals surface area contributed by atoms with Gasteiger partial charge in [0.2, 0.25) is 0 Å². The molecule has 3 rings (SSSR count). The summed E-state index contributed by atoms with van der Waals surface area (Å²) in [6, 6.07) is 0. The van der Waals surface area contributed by atoms with Gasteiger partial charge < -0.3 is 10.5 Å². The van der Waals surface area contributed by atoms with Crippen molar-refractivity contribution in [2.45, 2.75) is 75.9 Å². The van der Waals surface area contributed by atoms with E-state index in [-0.39, 0.29) is 11.1 Å². The maximum absolute atomic E-state index is 6.77.